The van der Waals surface area contributed by atoms with E-state index < -0.39 is 74.3 Å². The van der Waals surface area contributed by atoms with E-state index in [2.05, 4.69) is 26.3 Å². The van der Waals surface area contributed by atoms with Crippen molar-refractivity contribution in [1.29, 1.82) is 0 Å². The topological polar surface area (TPSA) is 271 Å². The minimum atomic E-state index is -1.20. The molecule has 0 fully saturated rings. The van der Waals surface area contributed by atoms with Crippen molar-refractivity contribution in [3.05, 3.63) is 50.6 Å². The Morgan fingerprint density at radius 3 is 0.629 bits per heavy atom. The highest BCUT2D eigenvalue weighted by molar-refractivity contribution is 5.79. The molecule has 0 saturated heterocycles. The second-order valence-corrected chi connectivity index (χ2v) is 6.29. The average molecular weight is 513 g/mol. The van der Waals surface area contributed by atoms with Crippen molar-refractivity contribution in [2.24, 2.45) is 10.8 Å². The molecule has 0 aromatic rings. The van der Waals surface area contributed by atoms with Crippen LogP contribution in [-0.4, -0.2) is 115 Å². The summed E-state index contributed by atoms with van der Waals surface area (Å²) >= 11 is 0. The van der Waals surface area contributed by atoms with Crippen LogP contribution in [0.15, 0.2) is 50.6 Å². The van der Waals surface area contributed by atoms with Crippen LogP contribution >= 0.6 is 0 Å². The molecular weight excluding hydrogens is 476 g/mol. The van der Waals surface area contributed by atoms with Gasteiger partial charge in [-0.1, -0.05) is 26.3 Å². The molecule has 10 N–H and O–H groups in total. The normalized spacial score (nSPS) is 9.31. The highest BCUT2D eigenvalue weighted by Gasteiger charge is 2.40. The Labute approximate surface area is 202 Å². The van der Waals surface area contributed by atoms with Crippen molar-refractivity contribution in [3.8, 4) is 0 Å². The summed E-state index contributed by atoms with van der Waals surface area (Å²) in [5, 5.41) is 84.8. The predicted molar refractivity (Wildman–Crippen MR) is 123 cm³/mol. The SMILES string of the molecule is C=CC(=O)O.C=CC(=O)O.C=CC(=O)O.C=CC(=O)O.OCC(CO)(CO)CC(CO)(CO)CO. The highest BCUT2D eigenvalue weighted by Crippen LogP contribution is 2.33. The number of rotatable bonds is 12. The molecule has 0 aromatic heterocycles. The average Bonchev–Trinajstić information content (AvgIpc) is 2.87. The number of hydrogen-bond donors (Lipinski definition) is 10. The molecule has 0 aliphatic rings. The predicted octanol–water partition coefficient (Wildman–Crippen LogP) is -1.67. The van der Waals surface area contributed by atoms with Gasteiger partial charge in [-0.3, -0.25) is 0 Å². The fourth-order valence-corrected chi connectivity index (χ4v) is 1.43. The van der Waals surface area contributed by atoms with E-state index in [1.165, 1.54) is 0 Å². The Bertz CT molecular complexity index is 527. The number of aliphatic hydroxyl groups is 6. The first-order valence-corrected chi connectivity index (χ1v) is 9.22. The van der Waals surface area contributed by atoms with E-state index in [0.717, 1.165) is 24.3 Å². The number of hydrogen-bond acceptors (Lipinski definition) is 10. The van der Waals surface area contributed by atoms with Crippen LogP contribution in [0.1, 0.15) is 6.42 Å². The molecule has 0 heterocycles. The summed E-state index contributed by atoms with van der Waals surface area (Å²) in [6.07, 6.45) is 3.27. The lowest BCUT2D eigenvalue weighted by molar-refractivity contribution is -0.132. The Hall–Kier alpha value is -3.40. The fourth-order valence-electron chi connectivity index (χ4n) is 1.43. The molecule has 0 rings (SSSR count). The third-order valence-corrected chi connectivity index (χ3v) is 3.46. The maximum absolute atomic E-state index is 9.25. The number of carbonyl (C=O) groups is 4. The van der Waals surface area contributed by atoms with Crippen molar-refractivity contribution in [3.63, 3.8) is 0 Å². The molecule has 14 heteroatoms. The van der Waals surface area contributed by atoms with E-state index in [1.54, 1.807) is 0 Å². The lowest BCUT2D eigenvalue weighted by Gasteiger charge is -2.37. The molecule has 0 atom stereocenters. The maximum atomic E-state index is 9.25. The second kappa shape index (κ2) is 26.8. The van der Waals surface area contributed by atoms with Gasteiger partial charge in [0.2, 0.25) is 0 Å². The van der Waals surface area contributed by atoms with E-state index >= 15 is 0 Å². The van der Waals surface area contributed by atoms with Crippen LogP contribution in [0.5, 0.6) is 0 Å². The molecule has 0 spiro atoms. The van der Waals surface area contributed by atoms with Crippen molar-refractivity contribution in [1.82, 2.24) is 0 Å². The summed E-state index contributed by atoms with van der Waals surface area (Å²) in [4.78, 5) is 37.0. The summed E-state index contributed by atoms with van der Waals surface area (Å²) in [6.45, 7) is 8.94. The van der Waals surface area contributed by atoms with Gasteiger partial charge in [0.25, 0.3) is 0 Å². The number of aliphatic hydroxyl groups excluding tert-OH is 6. The zero-order valence-corrected chi connectivity index (χ0v) is 19.2. The van der Waals surface area contributed by atoms with E-state index in [9.17, 15) is 19.2 Å². The third kappa shape index (κ3) is 30.6. The van der Waals surface area contributed by atoms with Crippen LogP contribution < -0.4 is 0 Å². The lowest BCUT2D eigenvalue weighted by Crippen LogP contribution is -2.45. The van der Waals surface area contributed by atoms with Crippen LogP contribution in [0.4, 0.5) is 0 Å². The molecule has 0 aromatic carbocycles. The van der Waals surface area contributed by atoms with Crippen LogP contribution in [0, 0.1) is 10.8 Å². The Morgan fingerprint density at radius 1 is 0.457 bits per heavy atom. The van der Waals surface area contributed by atoms with Gasteiger partial charge in [-0.2, -0.15) is 0 Å². The summed E-state index contributed by atoms with van der Waals surface area (Å²) in [5.74, 6) is -3.93. The standard InChI is InChI=1S/C9H20O6.4C3H4O2/c10-2-8(3-11,4-12)1-9(5-13,6-14)7-15;4*1-2-3(4)5/h10-15H,1-7H2;4*2H,1H2,(H,4,5). The third-order valence-electron chi connectivity index (χ3n) is 3.46. The Kier molecular flexibility index (Phi) is 32.1. The van der Waals surface area contributed by atoms with Gasteiger partial charge in [0.05, 0.1) is 39.6 Å². The summed E-state index contributed by atoms with van der Waals surface area (Å²) in [7, 11) is 0. The number of carboxylic acids is 4. The van der Waals surface area contributed by atoms with Crippen LogP contribution in [0.2, 0.25) is 0 Å². The first-order valence-electron chi connectivity index (χ1n) is 9.22. The van der Waals surface area contributed by atoms with Gasteiger partial charge in [0, 0.05) is 35.1 Å². The highest BCUT2D eigenvalue weighted by atomic mass is 16.4. The number of carboxylic acid groups (broad SMARTS) is 4. The van der Waals surface area contributed by atoms with Gasteiger partial charge in [0.1, 0.15) is 0 Å². The van der Waals surface area contributed by atoms with Gasteiger partial charge in [-0.05, 0) is 6.42 Å². The first-order chi connectivity index (χ1) is 16.2. The second-order valence-electron chi connectivity index (χ2n) is 6.29. The van der Waals surface area contributed by atoms with Crippen LogP contribution in [0.25, 0.3) is 0 Å². The van der Waals surface area contributed by atoms with Crippen LogP contribution in [0.3, 0.4) is 0 Å². The monoisotopic (exact) mass is 512 g/mol. The van der Waals surface area contributed by atoms with Crippen LogP contribution in [-0.2, 0) is 19.2 Å². The van der Waals surface area contributed by atoms with Crippen molar-refractivity contribution in [2.75, 3.05) is 39.6 Å². The molecule has 0 aliphatic carbocycles. The molecule has 0 radical (unpaired) electrons. The summed E-state index contributed by atoms with van der Waals surface area (Å²) in [5.41, 5.74) is -2.40. The molecule has 0 aliphatic heterocycles. The zero-order valence-electron chi connectivity index (χ0n) is 19.2. The van der Waals surface area contributed by atoms with Crippen molar-refractivity contribution < 1.29 is 70.2 Å². The molecule has 204 valence electrons. The van der Waals surface area contributed by atoms with Gasteiger partial charge in [-0.25, -0.2) is 19.2 Å². The minimum Gasteiger partial charge on any atom is -0.478 e. The van der Waals surface area contributed by atoms with Gasteiger partial charge < -0.3 is 51.1 Å². The lowest BCUT2D eigenvalue weighted by atomic mass is 9.73. The molecule has 14 nitrogen and oxygen atoms in total. The molecule has 0 unspecified atom stereocenters. The number of aliphatic carboxylic acids is 4. The van der Waals surface area contributed by atoms with E-state index in [-0.39, 0.29) is 6.42 Å². The fraction of sp³-hybridized carbons (Fsp3) is 0.429. The Balaban J connectivity index is -0.000000123. The van der Waals surface area contributed by atoms with E-state index in [0.29, 0.717) is 0 Å². The first kappa shape index (κ1) is 41.8. The van der Waals surface area contributed by atoms with E-state index in [1.807, 2.05) is 0 Å². The van der Waals surface area contributed by atoms with Crippen molar-refractivity contribution in [2.45, 2.75) is 6.42 Å². The largest absolute Gasteiger partial charge is 0.478 e. The quantitative estimate of drug-likeness (QED) is 0.131. The smallest absolute Gasteiger partial charge is 0.327 e. The molecule has 0 amide bonds. The summed E-state index contributed by atoms with van der Waals surface area (Å²) < 4.78 is 0. The van der Waals surface area contributed by atoms with Crippen molar-refractivity contribution >= 4 is 23.9 Å². The van der Waals surface area contributed by atoms with Gasteiger partial charge in [-0.15, -0.1) is 0 Å². The zero-order chi connectivity index (χ0) is 29.1. The van der Waals surface area contributed by atoms with E-state index in [4.69, 9.17) is 51.1 Å². The molecule has 0 saturated carbocycles. The Morgan fingerprint density at radius 2 is 0.571 bits per heavy atom. The summed E-state index contributed by atoms with van der Waals surface area (Å²) in [6, 6.07) is 0. The molecule has 0 bridgehead atoms. The molecule has 35 heavy (non-hydrogen) atoms. The van der Waals surface area contributed by atoms with Gasteiger partial charge in [0.15, 0.2) is 0 Å². The molecular formula is C21H36O14. The minimum absolute atomic E-state index is 0.0625. The van der Waals surface area contributed by atoms with Gasteiger partial charge >= 0.3 is 23.9 Å². The maximum Gasteiger partial charge on any atom is 0.327 e.